The monoisotopic (exact) mass is 484 g/mol. The second-order valence-corrected chi connectivity index (χ2v) is 8.85. The lowest BCUT2D eigenvalue weighted by molar-refractivity contribution is -0.135. The lowest BCUT2D eigenvalue weighted by Crippen LogP contribution is -2.39. The number of nitrogens with one attached hydrogen (secondary N) is 1. The Morgan fingerprint density at radius 3 is 2.53 bits per heavy atom. The number of rotatable bonds is 3. The van der Waals surface area contributed by atoms with E-state index in [-0.39, 0.29) is 30.8 Å². The number of anilines is 1. The lowest BCUT2D eigenvalue weighted by atomic mass is 9.95. The van der Waals surface area contributed by atoms with E-state index >= 15 is 0 Å². The number of nitrogens with zero attached hydrogens (tertiary/aromatic N) is 1. The minimum Gasteiger partial charge on any atom is -0.324 e. The summed E-state index contributed by atoms with van der Waals surface area (Å²) in [5.41, 5.74) is 3.55. The highest BCUT2D eigenvalue weighted by Gasteiger charge is 2.33. The van der Waals surface area contributed by atoms with Crippen molar-refractivity contribution in [3.8, 4) is 0 Å². The van der Waals surface area contributed by atoms with Crippen molar-refractivity contribution >= 4 is 44.2 Å². The van der Waals surface area contributed by atoms with Gasteiger partial charge in [-0.15, -0.1) is 0 Å². The fraction of sp³-hybridized carbons (Fsp3) is 0.111. The van der Waals surface area contributed by atoms with Crippen LogP contribution in [-0.4, -0.2) is 23.3 Å². The second-order valence-electron chi connectivity index (χ2n) is 7.93. The predicted molar refractivity (Wildman–Crippen MR) is 130 cm³/mol. The first-order valence-corrected chi connectivity index (χ1v) is 11.3. The Morgan fingerprint density at radius 1 is 0.938 bits per heavy atom. The highest BCUT2D eigenvalue weighted by Crippen LogP contribution is 2.37. The molecule has 0 fully saturated rings. The Hall–Kier alpha value is -3.44. The number of amides is 2. The quantitative estimate of drug-likeness (QED) is 0.404. The van der Waals surface area contributed by atoms with E-state index in [9.17, 15) is 9.59 Å². The minimum absolute atomic E-state index is 0.00450. The number of carbonyl (C=O) groups excluding carboxylic acids is 2. The molecule has 0 radical (unpaired) electrons. The Labute approximate surface area is 195 Å². The molecule has 4 aromatic carbocycles. The van der Waals surface area contributed by atoms with E-state index in [2.05, 4.69) is 21.2 Å². The second kappa shape index (κ2) is 8.60. The van der Waals surface area contributed by atoms with Crippen LogP contribution >= 0.6 is 15.9 Å². The third-order valence-electron chi connectivity index (χ3n) is 5.87. The zero-order valence-corrected chi connectivity index (χ0v) is 18.9. The SMILES string of the molecule is O=C1CN(C(=O)Cc2cccc3ccccc23)C(c2ccccc2)c2cc(Br)ccc2N1. The first-order chi connectivity index (χ1) is 15.6. The van der Waals surface area contributed by atoms with Gasteiger partial charge in [-0.1, -0.05) is 88.7 Å². The smallest absolute Gasteiger partial charge is 0.244 e. The molecular formula is C27H21BrN2O2. The van der Waals surface area contributed by atoms with Gasteiger partial charge in [0.15, 0.2) is 0 Å². The molecular weight excluding hydrogens is 464 g/mol. The first kappa shape index (κ1) is 20.5. The van der Waals surface area contributed by atoms with Gasteiger partial charge in [0.25, 0.3) is 0 Å². The van der Waals surface area contributed by atoms with Gasteiger partial charge in [-0.25, -0.2) is 0 Å². The van der Waals surface area contributed by atoms with Gasteiger partial charge in [-0.3, -0.25) is 9.59 Å². The highest BCUT2D eigenvalue weighted by atomic mass is 79.9. The number of benzene rings is 4. The lowest BCUT2D eigenvalue weighted by Gasteiger charge is -2.31. The van der Waals surface area contributed by atoms with Gasteiger partial charge >= 0.3 is 0 Å². The topological polar surface area (TPSA) is 49.4 Å². The van der Waals surface area contributed by atoms with Crippen LogP contribution in [0.4, 0.5) is 5.69 Å². The van der Waals surface area contributed by atoms with Crippen molar-refractivity contribution in [2.75, 3.05) is 11.9 Å². The molecule has 4 nitrogen and oxygen atoms in total. The normalized spacial score (nSPS) is 15.7. The fourth-order valence-corrected chi connectivity index (χ4v) is 4.79. The molecule has 5 rings (SSSR count). The summed E-state index contributed by atoms with van der Waals surface area (Å²) in [4.78, 5) is 28.2. The van der Waals surface area contributed by atoms with E-state index in [4.69, 9.17) is 0 Å². The van der Waals surface area contributed by atoms with Gasteiger partial charge in [0.1, 0.15) is 6.54 Å². The van der Waals surface area contributed by atoms with Crippen molar-refractivity contribution in [1.29, 1.82) is 0 Å². The molecule has 32 heavy (non-hydrogen) atoms. The summed E-state index contributed by atoms with van der Waals surface area (Å²) in [6.45, 7) is -0.00450. The van der Waals surface area contributed by atoms with Gasteiger partial charge in [0, 0.05) is 15.7 Å². The summed E-state index contributed by atoms with van der Waals surface area (Å²) in [6, 6.07) is 29.3. The molecule has 1 aliphatic heterocycles. The molecule has 0 bridgehead atoms. The highest BCUT2D eigenvalue weighted by molar-refractivity contribution is 9.10. The average Bonchev–Trinajstić information content (AvgIpc) is 2.95. The summed E-state index contributed by atoms with van der Waals surface area (Å²) in [7, 11) is 0. The first-order valence-electron chi connectivity index (χ1n) is 10.5. The average molecular weight is 485 g/mol. The van der Waals surface area contributed by atoms with E-state index in [0.29, 0.717) is 0 Å². The summed E-state index contributed by atoms with van der Waals surface area (Å²) in [6.07, 6.45) is 0.224. The van der Waals surface area contributed by atoms with Gasteiger partial charge in [-0.05, 0) is 40.1 Å². The van der Waals surface area contributed by atoms with Crippen LogP contribution in [0, 0.1) is 0 Å². The minimum atomic E-state index is -0.370. The molecule has 2 amide bonds. The largest absolute Gasteiger partial charge is 0.324 e. The van der Waals surface area contributed by atoms with E-state index in [0.717, 1.165) is 37.6 Å². The molecule has 1 aliphatic rings. The molecule has 158 valence electrons. The van der Waals surface area contributed by atoms with Crippen LogP contribution in [0.2, 0.25) is 0 Å². The fourth-order valence-electron chi connectivity index (χ4n) is 4.42. The number of hydrogen-bond donors (Lipinski definition) is 1. The van der Waals surface area contributed by atoms with E-state index in [1.165, 1.54) is 0 Å². The number of hydrogen-bond acceptors (Lipinski definition) is 2. The van der Waals surface area contributed by atoms with Gasteiger partial charge in [0.05, 0.1) is 12.5 Å². The van der Waals surface area contributed by atoms with Crippen LogP contribution in [0.5, 0.6) is 0 Å². The summed E-state index contributed by atoms with van der Waals surface area (Å²) >= 11 is 3.55. The molecule has 0 saturated carbocycles. The van der Waals surface area contributed by atoms with Crippen LogP contribution in [-0.2, 0) is 16.0 Å². The Morgan fingerprint density at radius 2 is 1.69 bits per heavy atom. The van der Waals surface area contributed by atoms with Crippen LogP contribution in [0.3, 0.4) is 0 Å². The molecule has 0 saturated heterocycles. The summed E-state index contributed by atoms with van der Waals surface area (Å²) in [5.74, 6) is -0.281. The van der Waals surface area contributed by atoms with Crippen molar-refractivity contribution in [2.45, 2.75) is 12.5 Å². The Kier molecular flexibility index (Phi) is 5.50. The summed E-state index contributed by atoms with van der Waals surface area (Å²) in [5, 5.41) is 5.13. The van der Waals surface area contributed by atoms with Crippen LogP contribution < -0.4 is 5.32 Å². The zero-order valence-electron chi connectivity index (χ0n) is 17.3. The molecule has 1 heterocycles. The van der Waals surface area contributed by atoms with Crippen molar-refractivity contribution in [3.63, 3.8) is 0 Å². The predicted octanol–water partition coefficient (Wildman–Crippen LogP) is 5.72. The van der Waals surface area contributed by atoms with Crippen molar-refractivity contribution in [3.05, 3.63) is 112 Å². The maximum absolute atomic E-state index is 13.7. The molecule has 0 aromatic heterocycles. The standard InChI is InChI=1S/C27H21BrN2O2/c28-21-13-14-24-23(16-21)27(19-8-2-1-3-9-19)30(17-25(31)29-24)26(32)15-20-11-6-10-18-7-4-5-12-22(18)20/h1-14,16,27H,15,17H2,(H,29,31). The molecule has 1 unspecified atom stereocenters. The Bertz CT molecular complexity index is 1310. The number of fused-ring (bicyclic) bond motifs is 2. The molecule has 5 heteroatoms. The number of carbonyl (C=O) groups is 2. The molecule has 1 N–H and O–H groups in total. The molecule has 0 aliphatic carbocycles. The zero-order chi connectivity index (χ0) is 22.1. The molecule has 4 aromatic rings. The molecule has 1 atom stereocenters. The van der Waals surface area contributed by atoms with Crippen LogP contribution in [0.25, 0.3) is 10.8 Å². The van der Waals surface area contributed by atoms with E-state index < -0.39 is 0 Å². The van der Waals surface area contributed by atoms with Gasteiger partial charge in [-0.2, -0.15) is 0 Å². The van der Waals surface area contributed by atoms with Crippen molar-refractivity contribution in [2.24, 2.45) is 0 Å². The van der Waals surface area contributed by atoms with Gasteiger partial charge in [0.2, 0.25) is 11.8 Å². The Balaban J connectivity index is 1.60. The third-order valence-corrected chi connectivity index (χ3v) is 6.36. The van der Waals surface area contributed by atoms with Crippen LogP contribution in [0.15, 0.2) is 95.5 Å². The van der Waals surface area contributed by atoms with E-state index in [1.807, 2.05) is 91.0 Å². The maximum atomic E-state index is 13.7. The summed E-state index contributed by atoms with van der Waals surface area (Å²) < 4.78 is 0.898. The third kappa shape index (κ3) is 3.92. The van der Waals surface area contributed by atoms with Crippen molar-refractivity contribution in [1.82, 2.24) is 4.90 Å². The number of halogens is 1. The molecule has 0 spiro atoms. The van der Waals surface area contributed by atoms with Crippen LogP contribution in [0.1, 0.15) is 22.7 Å². The van der Waals surface area contributed by atoms with Gasteiger partial charge < -0.3 is 10.2 Å². The van der Waals surface area contributed by atoms with Crippen molar-refractivity contribution < 1.29 is 9.59 Å². The maximum Gasteiger partial charge on any atom is 0.244 e. The van der Waals surface area contributed by atoms with E-state index in [1.54, 1.807) is 4.90 Å².